The van der Waals surface area contributed by atoms with Gasteiger partial charge in [0.1, 0.15) is 0 Å². The lowest BCUT2D eigenvalue weighted by Gasteiger charge is -2.09. The Morgan fingerprint density at radius 1 is 1.29 bits per heavy atom. The highest BCUT2D eigenvalue weighted by Gasteiger charge is 2.18. The normalized spacial score (nSPS) is 10.4. The zero-order valence-corrected chi connectivity index (χ0v) is 12.4. The SMILES string of the molecule is CCOC(=O)c1nn(-c2cc(Cl)cc(Cl)c2)c(=O)cc1O. The minimum Gasteiger partial charge on any atom is -0.505 e. The summed E-state index contributed by atoms with van der Waals surface area (Å²) in [5.41, 5.74) is -0.741. The van der Waals surface area contributed by atoms with Crippen molar-refractivity contribution in [2.75, 3.05) is 6.61 Å². The Kier molecular flexibility index (Phi) is 4.50. The van der Waals surface area contributed by atoms with E-state index in [4.69, 9.17) is 27.9 Å². The van der Waals surface area contributed by atoms with E-state index in [1.54, 1.807) is 6.92 Å². The number of nitrogens with zero attached hydrogens (tertiary/aromatic N) is 2. The molecule has 6 nitrogen and oxygen atoms in total. The summed E-state index contributed by atoms with van der Waals surface area (Å²) in [5.74, 6) is -1.39. The number of esters is 1. The Morgan fingerprint density at radius 2 is 1.90 bits per heavy atom. The summed E-state index contributed by atoms with van der Waals surface area (Å²) < 4.78 is 5.66. The molecule has 0 unspecified atom stereocenters. The van der Waals surface area contributed by atoms with Crippen molar-refractivity contribution >= 4 is 29.2 Å². The number of benzene rings is 1. The van der Waals surface area contributed by atoms with Crippen LogP contribution < -0.4 is 5.56 Å². The fourth-order valence-electron chi connectivity index (χ4n) is 1.64. The van der Waals surface area contributed by atoms with Crippen molar-refractivity contribution in [3.05, 3.63) is 50.4 Å². The maximum Gasteiger partial charge on any atom is 0.362 e. The van der Waals surface area contributed by atoms with Crippen molar-refractivity contribution in [3.8, 4) is 11.4 Å². The van der Waals surface area contributed by atoms with E-state index in [0.29, 0.717) is 10.0 Å². The molecule has 0 atom stereocenters. The Balaban J connectivity index is 2.61. The number of ether oxygens (including phenoxy) is 1. The Hall–Kier alpha value is -2.05. The molecule has 0 amide bonds. The second kappa shape index (κ2) is 6.15. The quantitative estimate of drug-likeness (QED) is 0.875. The maximum absolute atomic E-state index is 11.9. The van der Waals surface area contributed by atoms with Crippen LogP contribution in [0.2, 0.25) is 10.0 Å². The second-order valence-corrected chi connectivity index (χ2v) is 4.85. The molecule has 0 saturated carbocycles. The van der Waals surface area contributed by atoms with Crippen LogP contribution in [0.1, 0.15) is 17.4 Å². The van der Waals surface area contributed by atoms with E-state index < -0.39 is 17.3 Å². The summed E-state index contributed by atoms with van der Waals surface area (Å²) in [6, 6.07) is 5.26. The predicted molar refractivity (Wildman–Crippen MR) is 77.5 cm³/mol. The van der Waals surface area contributed by atoms with Gasteiger partial charge in [0.25, 0.3) is 5.56 Å². The third-order valence-electron chi connectivity index (χ3n) is 2.47. The van der Waals surface area contributed by atoms with Crippen molar-refractivity contribution in [2.45, 2.75) is 6.92 Å². The van der Waals surface area contributed by atoms with Gasteiger partial charge in [-0.1, -0.05) is 23.2 Å². The molecule has 110 valence electrons. The lowest BCUT2D eigenvalue weighted by atomic mass is 10.3. The van der Waals surface area contributed by atoms with E-state index in [1.807, 2.05) is 0 Å². The van der Waals surface area contributed by atoms with Crippen molar-refractivity contribution in [1.82, 2.24) is 9.78 Å². The molecule has 1 N–H and O–H groups in total. The number of rotatable bonds is 3. The average molecular weight is 329 g/mol. The molecule has 0 saturated heterocycles. The molecule has 21 heavy (non-hydrogen) atoms. The Labute approximate surface area is 129 Å². The molecule has 0 fully saturated rings. The van der Waals surface area contributed by atoms with Crippen molar-refractivity contribution in [3.63, 3.8) is 0 Å². The van der Waals surface area contributed by atoms with Crippen LogP contribution in [-0.4, -0.2) is 27.5 Å². The first kappa shape index (κ1) is 15.3. The lowest BCUT2D eigenvalue weighted by molar-refractivity contribution is 0.0513. The summed E-state index contributed by atoms with van der Waals surface area (Å²) in [5, 5.41) is 14.1. The highest BCUT2D eigenvalue weighted by Crippen LogP contribution is 2.21. The molecule has 8 heteroatoms. The van der Waals surface area contributed by atoms with Crippen molar-refractivity contribution in [1.29, 1.82) is 0 Å². The van der Waals surface area contributed by atoms with Crippen LogP contribution in [-0.2, 0) is 4.74 Å². The van der Waals surface area contributed by atoms with E-state index in [2.05, 4.69) is 5.10 Å². The van der Waals surface area contributed by atoms with Crippen molar-refractivity contribution < 1.29 is 14.6 Å². The average Bonchev–Trinajstić information content (AvgIpc) is 2.37. The van der Waals surface area contributed by atoms with Crippen LogP contribution >= 0.6 is 23.2 Å². The van der Waals surface area contributed by atoms with Crippen molar-refractivity contribution in [2.24, 2.45) is 0 Å². The minimum atomic E-state index is -0.836. The third-order valence-corrected chi connectivity index (χ3v) is 2.91. The third kappa shape index (κ3) is 3.34. The van der Waals surface area contributed by atoms with Gasteiger partial charge in [-0.25, -0.2) is 4.79 Å². The topological polar surface area (TPSA) is 81.4 Å². The van der Waals surface area contributed by atoms with Gasteiger partial charge in [0.2, 0.25) is 5.69 Å². The zero-order valence-electron chi connectivity index (χ0n) is 10.8. The van der Waals surface area contributed by atoms with Gasteiger partial charge in [-0.15, -0.1) is 0 Å². The van der Waals surface area contributed by atoms with Crippen LogP contribution in [0.4, 0.5) is 0 Å². The van der Waals surface area contributed by atoms with Crippen LogP contribution in [0, 0.1) is 0 Å². The number of aromatic nitrogens is 2. The molecule has 1 aromatic heterocycles. The van der Waals surface area contributed by atoms with Gasteiger partial charge in [0.05, 0.1) is 12.3 Å². The number of carbonyl (C=O) groups excluding carboxylic acids is 1. The van der Waals surface area contributed by atoms with Crippen LogP contribution in [0.3, 0.4) is 0 Å². The van der Waals surface area contributed by atoms with Gasteiger partial charge in [-0.2, -0.15) is 9.78 Å². The maximum atomic E-state index is 11.9. The lowest BCUT2D eigenvalue weighted by Crippen LogP contribution is -2.23. The number of hydrogen-bond acceptors (Lipinski definition) is 5. The monoisotopic (exact) mass is 328 g/mol. The van der Waals surface area contributed by atoms with E-state index in [1.165, 1.54) is 18.2 Å². The van der Waals surface area contributed by atoms with E-state index >= 15 is 0 Å². The first-order valence-corrected chi connectivity index (χ1v) is 6.65. The fourth-order valence-corrected chi connectivity index (χ4v) is 2.15. The summed E-state index contributed by atoms with van der Waals surface area (Å²) in [7, 11) is 0. The highest BCUT2D eigenvalue weighted by atomic mass is 35.5. The molecule has 0 aliphatic rings. The first-order chi connectivity index (χ1) is 9.92. The number of carbonyl (C=O) groups is 1. The molecule has 2 aromatic rings. The fraction of sp³-hybridized carbons (Fsp3) is 0.154. The summed E-state index contributed by atoms with van der Waals surface area (Å²) >= 11 is 11.7. The molecule has 0 radical (unpaired) electrons. The second-order valence-electron chi connectivity index (χ2n) is 3.98. The van der Waals surface area contributed by atoms with Crippen LogP contribution in [0.5, 0.6) is 5.75 Å². The number of hydrogen-bond donors (Lipinski definition) is 1. The number of aromatic hydroxyl groups is 1. The predicted octanol–water partition coefficient (Wildman–Crippen LogP) is 2.42. The molecule has 0 spiro atoms. The Morgan fingerprint density at radius 3 is 2.48 bits per heavy atom. The number of halogens is 2. The molecule has 1 aromatic carbocycles. The van der Waals surface area contributed by atoms with E-state index in [0.717, 1.165) is 10.7 Å². The summed E-state index contributed by atoms with van der Waals surface area (Å²) in [4.78, 5) is 23.6. The van der Waals surface area contributed by atoms with Gasteiger partial charge >= 0.3 is 5.97 Å². The van der Waals surface area contributed by atoms with Crippen LogP contribution in [0.15, 0.2) is 29.1 Å². The van der Waals surface area contributed by atoms with Gasteiger partial charge in [-0.05, 0) is 25.1 Å². The molecule has 0 aliphatic heterocycles. The first-order valence-electron chi connectivity index (χ1n) is 5.89. The van der Waals surface area contributed by atoms with E-state index in [-0.39, 0.29) is 18.0 Å². The standard InChI is InChI=1S/C13H10Cl2N2O4/c1-2-21-13(20)12-10(18)6-11(19)17(16-12)9-4-7(14)3-8(15)5-9/h3-6,18H,2H2,1H3. The molecular weight excluding hydrogens is 319 g/mol. The van der Waals surface area contributed by atoms with Gasteiger partial charge < -0.3 is 9.84 Å². The molecule has 0 aliphatic carbocycles. The Bertz CT molecular complexity index is 738. The van der Waals surface area contributed by atoms with Gasteiger partial charge in [0, 0.05) is 16.1 Å². The minimum absolute atomic E-state index is 0.113. The zero-order chi connectivity index (χ0) is 15.6. The van der Waals surface area contributed by atoms with E-state index in [9.17, 15) is 14.7 Å². The molecule has 1 heterocycles. The highest BCUT2D eigenvalue weighted by molar-refractivity contribution is 6.34. The van der Waals surface area contributed by atoms with Gasteiger partial charge in [-0.3, -0.25) is 4.79 Å². The van der Waals surface area contributed by atoms with Crippen LogP contribution in [0.25, 0.3) is 5.69 Å². The summed E-state index contributed by atoms with van der Waals surface area (Å²) in [6.45, 7) is 1.73. The summed E-state index contributed by atoms with van der Waals surface area (Å²) in [6.07, 6.45) is 0. The molecule has 2 rings (SSSR count). The largest absolute Gasteiger partial charge is 0.505 e. The smallest absolute Gasteiger partial charge is 0.362 e. The van der Waals surface area contributed by atoms with Gasteiger partial charge in [0.15, 0.2) is 5.75 Å². The molecule has 0 bridgehead atoms. The molecular formula is C13H10Cl2N2O4.